The highest BCUT2D eigenvalue weighted by Crippen LogP contribution is 2.31. The fraction of sp³-hybridized carbons (Fsp3) is 0.588. The summed E-state index contributed by atoms with van der Waals surface area (Å²) < 4.78 is 5.46. The highest BCUT2D eigenvalue weighted by Gasteiger charge is 2.36. The normalized spacial score (nSPS) is 18.2. The molecule has 3 nitrogen and oxygen atoms in total. The predicted molar refractivity (Wildman–Crippen MR) is 81.3 cm³/mol. The van der Waals surface area contributed by atoms with Gasteiger partial charge in [-0.1, -0.05) is 20.3 Å². The molecular formula is C17H25NO2. The van der Waals surface area contributed by atoms with E-state index in [9.17, 15) is 4.79 Å². The highest BCUT2D eigenvalue weighted by atomic mass is 16.3. The zero-order valence-corrected chi connectivity index (χ0v) is 12.9. The molecule has 0 aliphatic heterocycles. The molecule has 0 N–H and O–H groups in total. The van der Waals surface area contributed by atoms with Gasteiger partial charge in [0, 0.05) is 18.2 Å². The summed E-state index contributed by atoms with van der Waals surface area (Å²) in [7, 11) is 0. The van der Waals surface area contributed by atoms with E-state index in [1.165, 1.54) is 0 Å². The van der Waals surface area contributed by atoms with E-state index in [1.807, 2.05) is 19.1 Å². The topological polar surface area (TPSA) is 33.5 Å². The van der Waals surface area contributed by atoms with Gasteiger partial charge in [-0.25, -0.2) is 0 Å². The van der Waals surface area contributed by atoms with Gasteiger partial charge in [0.05, 0.1) is 0 Å². The van der Waals surface area contributed by atoms with Crippen LogP contribution >= 0.6 is 0 Å². The van der Waals surface area contributed by atoms with Crippen LogP contribution in [-0.4, -0.2) is 22.9 Å². The van der Waals surface area contributed by atoms with Crippen molar-refractivity contribution >= 4 is 12.0 Å². The van der Waals surface area contributed by atoms with Gasteiger partial charge in [0.1, 0.15) is 11.5 Å². The molecule has 1 amide bonds. The van der Waals surface area contributed by atoms with Crippen molar-refractivity contribution in [1.82, 2.24) is 4.90 Å². The number of aryl methyl sites for hydroxylation is 1. The summed E-state index contributed by atoms with van der Waals surface area (Å²) in [6, 6.07) is 4.53. The lowest BCUT2D eigenvalue weighted by atomic mass is 9.99. The van der Waals surface area contributed by atoms with E-state index in [0.29, 0.717) is 18.0 Å². The van der Waals surface area contributed by atoms with Crippen LogP contribution in [0.4, 0.5) is 0 Å². The van der Waals surface area contributed by atoms with Gasteiger partial charge in [0.25, 0.3) is 0 Å². The van der Waals surface area contributed by atoms with Crippen molar-refractivity contribution in [3.8, 4) is 0 Å². The summed E-state index contributed by atoms with van der Waals surface area (Å²) in [5.74, 6) is 2.24. The number of carbonyl (C=O) groups is 1. The van der Waals surface area contributed by atoms with E-state index < -0.39 is 0 Å². The largest absolute Gasteiger partial charge is 0.462 e. The third-order valence-electron chi connectivity index (χ3n) is 4.25. The second-order valence-corrected chi connectivity index (χ2v) is 5.88. The zero-order valence-electron chi connectivity index (χ0n) is 12.9. The van der Waals surface area contributed by atoms with E-state index in [1.54, 1.807) is 12.2 Å². The van der Waals surface area contributed by atoms with Crippen LogP contribution in [0.25, 0.3) is 6.08 Å². The third-order valence-corrected chi connectivity index (χ3v) is 4.25. The van der Waals surface area contributed by atoms with E-state index >= 15 is 0 Å². The highest BCUT2D eigenvalue weighted by molar-refractivity contribution is 5.92. The maximum atomic E-state index is 12.5. The number of carbonyl (C=O) groups excluding carboxylic acids is 1. The zero-order chi connectivity index (χ0) is 14.7. The fourth-order valence-electron chi connectivity index (χ4n) is 2.46. The first-order valence-corrected chi connectivity index (χ1v) is 7.59. The molecule has 0 bridgehead atoms. The van der Waals surface area contributed by atoms with Crippen LogP contribution in [0, 0.1) is 12.8 Å². The smallest absolute Gasteiger partial charge is 0.247 e. The molecule has 2 atom stereocenters. The van der Waals surface area contributed by atoms with Crippen molar-refractivity contribution in [3.63, 3.8) is 0 Å². The van der Waals surface area contributed by atoms with Crippen molar-refractivity contribution in [1.29, 1.82) is 0 Å². The molecule has 1 heterocycles. The van der Waals surface area contributed by atoms with Crippen molar-refractivity contribution < 1.29 is 9.21 Å². The molecule has 0 saturated heterocycles. The van der Waals surface area contributed by atoms with Crippen LogP contribution in [0.1, 0.15) is 51.6 Å². The Morgan fingerprint density at radius 2 is 2.15 bits per heavy atom. The van der Waals surface area contributed by atoms with Crippen molar-refractivity contribution in [3.05, 3.63) is 29.7 Å². The summed E-state index contributed by atoms with van der Waals surface area (Å²) in [6.07, 6.45) is 6.79. The molecule has 110 valence electrons. The lowest BCUT2D eigenvalue weighted by Crippen LogP contribution is -2.42. The Hall–Kier alpha value is -1.51. The van der Waals surface area contributed by atoms with Crippen LogP contribution in [-0.2, 0) is 4.79 Å². The molecular weight excluding hydrogens is 250 g/mol. The summed E-state index contributed by atoms with van der Waals surface area (Å²) in [4.78, 5) is 14.5. The maximum absolute atomic E-state index is 12.5. The lowest BCUT2D eigenvalue weighted by Gasteiger charge is -2.32. The molecule has 0 spiro atoms. The van der Waals surface area contributed by atoms with E-state index in [4.69, 9.17) is 4.42 Å². The standard InChI is InChI=1S/C17H25NO2/c1-5-12(2)14(4)18(15-7-8-15)17(19)11-10-16-9-6-13(3)20-16/h6,9-12,14-15H,5,7-8H2,1-4H3/b11-10+. The Kier molecular flexibility index (Phi) is 4.69. The Labute approximate surface area is 121 Å². The van der Waals surface area contributed by atoms with Crippen molar-refractivity contribution in [2.75, 3.05) is 0 Å². The minimum Gasteiger partial charge on any atom is -0.462 e. The summed E-state index contributed by atoms with van der Waals surface area (Å²) >= 11 is 0. The van der Waals surface area contributed by atoms with Gasteiger partial charge in [0.2, 0.25) is 5.91 Å². The number of rotatable bonds is 6. The summed E-state index contributed by atoms with van der Waals surface area (Å²) in [5, 5.41) is 0. The Morgan fingerprint density at radius 1 is 1.45 bits per heavy atom. The Bertz CT molecular complexity index is 485. The monoisotopic (exact) mass is 275 g/mol. The first-order chi connectivity index (χ1) is 9.52. The first-order valence-electron chi connectivity index (χ1n) is 7.59. The fourth-order valence-corrected chi connectivity index (χ4v) is 2.46. The molecule has 3 heteroatoms. The number of nitrogens with zero attached hydrogens (tertiary/aromatic N) is 1. The maximum Gasteiger partial charge on any atom is 0.247 e. The van der Waals surface area contributed by atoms with E-state index in [-0.39, 0.29) is 5.91 Å². The molecule has 1 fully saturated rings. The Balaban J connectivity index is 2.05. The van der Waals surface area contributed by atoms with Crippen LogP contribution < -0.4 is 0 Å². The average Bonchev–Trinajstić information content (AvgIpc) is 3.17. The van der Waals surface area contributed by atoms with Crippen LogP contribution in [0.15, 0.2) is 22.6 Å². The SMILES string of the molecule is CCC(C)C(C)N(C(=O)/C=C/c1ccc(C)o1)C1CC1. The minimum absolute atomic E-state index is 0.106. The van der Waals surface area contributed by atoms with Gasteiger partial charge in [0.15, 0.2) is 0 Å². The average molecular weight is 275 g/mol. The summed E-state index contributed by atoms with van der Waals surface area (Å²) in [6.45, 7) is 8.46. The molecule has 2 rings (SSSR count). The van der Waals surface area contributed by atoms with Crippen LogP contribution in [0.5, 0.6) is 0 Å². The van der Waals surface area contributed by atoms with Gasteiger partial charge in [-0.2, -0.15) is 0 Å². The quantitative estimate of drug-likeness (QED) is 0.734. The number of hydrogen-bond donors (Lipinski definition) is 0. The molecule has 1 saturated carbocycles. The second-order valence-electron chi connectivity index (χ2n) is 5.88. The third kappa shape index (κ3) is 3.53. The van der Waals surface area contributed by atoms with Crippen molar-refractivity contribution in [2.24, 2.45) is 5.92 Å². The predicted octanol–water partition coefficient (Wildman–Crippen LogP) is 4.03. The molecule has 1 aromatic heterocycles. The molecule has 0 aromatic carbocycles. The minimum atomic E-state index is 0.106. The molecule has 20 heavy (non-hydrogen) atoms. The van der Waals surface area contributed by atoms with Crippen LogP contribution in [0.3, 0.4) is 0 Å². The number of furan rings is 1. The second kappa shape index (κ2) is 6.29. The van der Waals surface area contributed by atoms with Crippen LogP contribution in [0.2, 0.25) is 0 Å². The van der Waals surface area contributed by atoms with Gasteiger partial charge < -0.3 is 9.32 Å². The lowest BCUT2D eigenvalue weighted by molar-refractivity contribution is -0.129. The molecule has 1 aliphatic carbocycles. The van der Waals surface area contributed by atoms with E-state index in [0.717, 1.165) is 30.8 Å². The first kappa shape index (κ1) is 14.9. The van der Waals surface area contributed by atoms with E-state index in [2.05, 4.69) is 25.7 Å². The molecule has 2 unspecified atom stereocenters. The van der Waals surface area contributed by atoms with Gasteiger partial charge in [-0.3, -0.25) is 4.79 Å². The van der Waals surface area contributed by atoms with Gasteiger partial charge >= 0.3 is 0 Å². The molecule has 0 radical (unpaired) electrons. The number of hydrogen-bond acceptors (Lipinski definition) is 2. The molecule has 1 aromatic rings. The molecule has 1 aliphatic rings. The Morgan fingerprint density at radius 3 is 2.65 bits per heavy atom. The summed E-state index contributed by atoms with van der Waals surface area (Å²) in [5.41, 5.74) is 0. The number of amides is 1. The van der Waals surface area contributed by atoms with Gasteiger partial charge in [-0.05, 0) is 50.8 Å². The van der Waals surface area contributed by atoms with Crippen molar-refractivity contribution in [2.45, 2.75) is 59.0 Å². The van der Waals surface area contributed by atoms with Gasteiger partial charge in [-0.15, -0.1) is 0 Å².